The molecule has 1 rings (SSSR count). The van der Waals surface area contributed by atoms with Gasteiger partial charge in [-0.2, -0.15) is 0 Å². The van der Waals surface area contributed by atoms with Crippen molar-refractivity contribution in [1.82, 2.24) is 10.6 Å². The van der Waals surface area contributed by atoms with Crippen LogP contribution < -0.4 is 10.6 Å². The minimum absolute atomic E-state index is 0.0556. The van der Waals surface area contributed by atoms with Crippen molar-refractivity contribution in [2.45, 2.75) is 19.9 Å². The summed E-state index contributed by atoms with van der Waals surface area (Å²) in [5, 5.41) is 5.77. The first kappa shape index (κ1) is 8.53. The Bertz CT molecular complexity index is 156. The maximum Gasteiger partial charge on any atom is 0.237 e. The highest BCUT2D eigenvalue weighted by Gasteiger charge is 2.37. The van der Waals surface area contributed by atoms with E-state index in [0.29, 0.717) is 11.8 Å². The van der Waals surface area contributed by atoms with Gasteiger partial charge in [-0.25, -0.2) is 0 Å². The summed E-state index contributed by atoms with van der Waals surface area (Å²) in [5.74, 6) is 1.24. The van der Waals surface area contributed by atoms with E-state index in [1.54, 1.807) is 7.05 Å². The minimum atomic E-state index is 0.0556. The summed E-state index contributed by atoms with van der Waals surface area (Å²) in [4.78, 5) is 11.1. The second-order valence-corrected chi connectivity index (χ2v) is 3.41. The van der Waals surface area contributed by atoms with Gasteiger partial charge in [0.2, 0.25) is 5.91 Å². The Hall–Kier alpha value is -0.570. The van der Waals surface area contributed by atoms with Crippen molar-refractivity contribution in [2.75, 3.05) is 13.6 Å². The molecule has 0 aromatic carbocycles. The summed E-state index contributed by atoms with van der Waals surface area (Å²) < 4.78 is 0. The zero-order valence-electron chi connectivity index (χ0n) is 7.35. The molecule has 2 atom stereocenters. The first-order valence-electron chi connectivity index (χ1n) is 4.11. The van der Waals surface area contributed by atoms with Crippen LogP contribution in [0.3, 0.4) is 0 Å². The maximum atomic E-state index is 11.1. The van der Waals surface area contributed by atoms with Crippen LogP contribution in [0.1, 0.15) is 13.8 Å². The highest BCUT2D eigenvalue weighted by atomic mass is 16.2. The van der Waals surface area contributed by atoms with Gasteiger partial charge in [0.1, 0.15) is 0 Å². The Labute approximate surface area is 67.5 Å². The van der Waals surface area contributed by atoms with E-state index in [2.05, 4.69) is 24.5 Å². The standard InChI is InChI=1S/C8H16N2O/c1-5(2)6-4-10-7(6)8(11)9-3/h5-7,10H,4H2,1-3H3,(H,9,11)/t6-,7+/m0/s1. The molecule has 11 heavy (non-hydrogen) atoms. The molecule has 1 aliphatic heterocycles. The fraction of sp³-hybridized carbons (Fsp3) is 0.875. The number of amides is 1. The van der Waals surface area contributed by atoms with Gasteiger partial charge >= 0.3 is 0 Å². The summed E-state index contributed by atoms with van der Waals surface area (Å²) in [6, 6.07) is 0.0556. The fourth-order valence-electron chi connectivity index (χ4n) is 1.44. The molecule has 0 radical (unpaired) electrons. The molecule has 0 aromatic heterocycles. The van der Waals surface area contributed by atoms with Crippen LogP contribution in [0, 0.1) is 11.8 Å². The Morgan fingerprint density at radius 3 is 2.55 bits per heavy atom. The molecule has 3 heteroatoms. The number of nitrogens with one attached hydrogen (secondary N) is 2. The van der Waals surface area contributed by atoms with Crippen LogP contribution in [0.5, 0.6) is 0 Å². The fourth-order valence-corrected chi connectivity index (χ4v) is 1.44. The molecule has 0 spiro atoms. The molecule has 1 saturated heterocycles. The van der Waals surface area contributed by atoms with Crippen LogP contribution in [0.4, 0.5) is 0 Å². The monoisotopic (exact) mass is 156 g/mol. The molecule has 3 nitrogen and oxygen atoms in total. The van der Waals surface area contributed by atoms with Gasteiger partial charge in [0.15, 0.2) is 0 Å². The van der Waals surface area contributed by atoms with E-state index in [1.807, 2.05) is 0 Å². The third-order valence-corrected chi connectivity index (χ3v) is 2.39. The van der Waals surface area contributed by atoms with Crippen LogP contribution in [0.15, 0.2) is 0 Å². The molecule has 0 unspecified atom stereocenters. The van der Waals surface area contributed by atoms with E-state index in [1.165, 1.54) is 0 Å². The molecular weight excluding hydrogens is 140 g/mol. The van der Waals surface area contributed by atoms with Crippen molar-refractivity contribution in [3.05, 3.63) is 0 Å². The van der Waals surface area contributed by atoms with Crippen molar-refractivity contribution in [1.29, 1.82) is 0 Å². The highest BCUT2D eigenvalue weighted by Crippen LogP contribution is 2.21. The van der Waals surface area contributed by atoms with Gasteiger partial charge in [-0.3, -0.25) is 4.79 Å². The van der Waals surface area contributed by atoms with Gasteiger partial charge < -0.3 is 10.6 Å². The quantitative estimate of drug-likeness (QED) is 0.590. The van der Waals surface area contributed by atoms with Gasteiger partial charge in [0.05, 0.1) is 6.04 Å². The first-order chi connectivity index (χ1) is 5.16. The SMILES string of the molecule is CNC(=O)[C@@H]1NC[C@H]1C(C)C. The topological polar surface area (TPSA) is 41.1 Å². The van der Waals surface area contributed by atoms with Crippen LogP contribution >= 0.6 is 0 Å². The molecule has 1 amide bonds. The predicted octanol–water partition coefficient (Wildman–Crippen LogP) is -0.0236. The van der Waals surface area contributed by atoms with Crippen molar-refractivity contribution in [2.24, 2.45) is 11.8 Å². The molecule has 1 heterocycles. The number of hydrogen-bond acceptors (Lipinski definition) is 2. The molecule has 0 aromatic rings. The normalized spacial score (nSPS) is 29.8. The molecule has 0 aliphatic carbocycles. The van der Waals surface area contributed by atoms with Crippen LogP contribution in [0.2, 0.25) is 0 Å². The van der Waals surface area contributed by atoms with Gasteiger partial charge in [-0.15, -0.1) is 0 Å². The lowest BCUT2D eigenvalue weighted by Gasteiger charge is -2.39. The van der Waals surface area contributed by atoms with Crippen LogP contribution in [-0.4, -0.2) is 25.5 Å². The zero-order chi connectivity index (χ0) is 8.43. The van der Waals surface area contributed by atoms with Crippen LogP contribution in [-0.2, 0) is 4.79 Å². The average Bonchev–Trinajstić information content (AvgIpc) is 1.83. The van der Waals surface area contributed by atoms with Gasteiger partial charge in [0, 0.05) is 13.6 Å². The number of carbonyl (C=O) groups excluding carboxylic acids is 1. The molecule has 64 valence electrons. The Balaban J connectivity index is 2.43. The largest absolute Gasteiger partial charge is 0.358 e. The minimum Gasteiger partial charge on any atom is -0.358 e. The van der Waals surface area contributed by atoms with E-state index in [4.69, 9.17) is 0 Å². The van der Waals surface area contributed by atoms with E-state index >= 15 is 0 Å². The van der Waals surface area contributed by atoms with Crippen LogP contribution in [0.25, 0.3) is 0 Å². The average molecular weight is 156 g/mol. The zero-order valence-corrected chi connectivity index (χ0v) is 7.35. The summed E-state index contributed by atoms with van der Waals surface area (Å²) in [6.45, 7) is 5.29. The molecule has 2 N–H and O–H groups in total. The molecule has 0 saturated carbocycles. The van der Waals surface area contributed by atoms with Crippen molar-refractivity contribution in [3.63, 3.8) is 0 Å². The number of rotatable bonds is 2. The Kier molecular flexibility index (Phi) is 2.49. The van der Waals surface area contributed by atoms with Gasteiger partial charge in [-0.05, 0) is 11.8 Å². The maximum absolute atomic E-state index is 11.1. The van der Waals surface area contributed by atoms with E-state index in [-0.39, 0.29) is 11.9 Å². The lowest BCUT2D eigenvalue weighted by molar-refractivity contribution is -0.127. The van der Waals surface area contributed by atoms with E-state index in [0.717, 1.165) is 6.54 Å². The lowest BCUT2D eigenvalue weighted by Crippen LogP contribution is -2.61. The smallest absolute Gasteiger partial charge is 0.237 e. The van der Waals surface area contributed by atoms with Crippen molar-refractivity contribution in [3.8, 4) is 0 Å². The van der Waals surface area contributed by atoms with Gasteiger partial charge in [0.25, 0.3) is 0 Å². The predicted molar refractivity (Wildman–Crippen MR) is 44.2 cm³/mol. The molecule has 1 aliphatic rings. The van der Waals surface area contributed by atoms with Crippen molar-refractivity contribution < 1.29 is 4.79 Å². The number of carbonyl (C=O) groups is 1. The first-order valence-corrected chi connectivity index (χ1v) is 4.11. The third-order valence-electron chi connectivity index (χ3n) is 2.39. The number of hydrogen-bond donors (Lipinski definition) is 2. The third kappa shape index (κ3) is 1.53. The second-order valence-electron chi connectivity index (χ2n) is 3.41. The van der Waals surface area contributed by atoms with E-state index in [9.17, 15) is 4.79 Å². The summed E-state index contributed by atoms with van der Waals surface area (Å²) in [6.07, 6.45) is 0. The van der Waals surface area contributed by atoms with Gasteiger partial charge in [-0.1, -0.05) is 13.8 Å². The Morgan fingerprint density at radius 1 is 1.64 bits per heavy atom. The molecule has 0 bridgehead atoms. The molecular formula is C8H16N2O. The summed E-state index contributed by atoms with van der Waals surface area (Å²) >= 11 is 0. The van der Waals surface area contributed by atoms with Crippen molar-refractivity contribution >= 4 is 5.91 Å². The van der Waals surface area contributed by atoms with E-state index < -0.39 is 0 Å². The highest BCUT2D eigenvalue weighted by molar-refractivity contribution is 5.82. The molecule has 1 fully saturated rings. The second kappa shape index (κ2) is 3.22. The summed E-state index contributed by atoms with van der Waals surface area (Å²) in [7, 11) is 1.68. The summed E-state index contributed by atoms with van der Waals surface area (Å²) in [5.41, 5.74) is 0. The lowest BCUT2D eigenvalue weighted by atomic mass is 9.82. The number of likely N-dealkylation sites (N-methyl/N-ethyl adjacent to an activating group) is 1. The Morgan fingerprint density at radius 2 is 2.27 bits per heavy atom.